The van der Waals surface area contributed by atoms with Crippen molar-refractivity contribution in [1.82, 2.24) is 9.97 Å². The molecule has 1 amide bonds. The summed E-state index contributed by atoms with van der Waals surface area (Å²) in [5.41, 5.74) is 1.33. The lowest BCUT2D eigenvalue weighted by atomic mass is 10.2. The van der Waals surface area contributed by atoms with Crippen LogP contribution in [-0.4, -0.2) is 15.9 Å². The van der Waals surface area contributed by atoms with Gasteiger partial charge in [-0.1, -0.05) is 23.2 Å². The zero-order chi connectivity index (χ0) is 17.8. The number of carbonyl (C=O) groups is 1. The predicted octanol–water partition coefficient (Wildman–Crippen LogP) is 4.92. The Labute approximate surface area is 152 Å². The van der Waals surface area contributed by atoms with Crippen molar-refractivity contribution < 1.29 is 9.18 Å². The van der Waals surface area contributed by atoms with Gasteiger partial charge < -0.3 is 10.6 Å². The summed E-state index contributed by atoms with van der Waals surface area (Å²) in [5.74, 6) is -0.454. The summed E-state index contributed by atoms with van der Waals surface area (Å²) < 4.78 is 12.9. The second kappa shape index (κ2) is 7.46. The predicted molar refractivity (Wildman–Crippen MR) is 96.1 cm³/mol. The van der Waals surface area contributed by atoms with Crippen LogP contribution in [0.5, 0.6) is 0 Å². The molecule has 0 radical (unpaired) electrons. The number of benzene rings is 2. The fraction of sp³-hybridized carbons (Fsp3) is 0. The summed E-state index contributed by atoms with van der Waals surface area (Å²) >= 11 is 11.8. The third kappa shape index (κ3) is 4.43. The maximum atomic E-state index is 12.9. The SMILES string of the molecule is O=C(Nc1ccc(Cl)cc1Cl)c1cnc(Nc2ccc(F)cc2)nc1. The lowest BCUT2D eigenvalue weighted by molar-refractivity contribution is 0.102. The standard InChI is InChI=1S/C17H11Cl2FN4O/c18-11-1-6-15(14(19)7-11)24-16(25)10-8-21-17(22-9-10)23-13-4-2-12(20)3-5-13/h1-9H,(H,24,25)(H,21,22,23). The molecule has 126 valence electrons. The Bertz CT molecular complexity index is 902. The van der Waals surface area contributed by atoms with Gasteiger partial charge in [0.05, 0.1) is 16.3 Å². The van der Waals surface area contributed by atoms with E-state index in [1.54, 1.807) is 24.3 Å². The number of carbonyl (C=O) groups excluding carboxylic acids is 1. The van der Waals surface area contributed by atoms with Crippen LogP contribution in [0.4, 0.5) is 21.7 Å². The molecule has 3 rings (SSSR count). The molecule has 3 aromatic rings. The van der Waals surface area contributed by atoms with E-state index in [1.165, 1.54) is 30.6 Å². The van der Waals surface area contributed by atoms with Gasteiger partial charge in [-0.15, -0.1) is 0 Å². The van der Waals surface area contributed by atoms with Crippen LogP contribution >= 0.6 is 23.2 Å². The van der Waals surface area contributed by atoms with Gasteiger partial charge in [-0.2, -0.15) is 0 Å². The van der Waals surface area contributed by atoms with E-state index in [-0.39, 0.29) is 17.3 Å². The Kier molecular flexibility index (Phi) is 5.11. The van der Waals surface area contributed by atoms with E-state index in [4.69, 9.17) is 23.2 Å². The third-order valence-electron chi connectivity index (χ3n) is 3.19. The molecule has 0 aliphatic heterocycles. The Morgan fingerprint density at radius 2 is 1.68 bits per heavy atom. The van der Waals surface area contributed by atoms with Crippen molar-refractivity contribution in [2.45, 2.75) is 0 Å². The molecule has 2 N–H and O–H groups in total. The lowest BCUT2D eigenvalue weighted by Gasteiger charge is -2.08. The van der Waals surface area contributed by atoms with Crippen LogP contribution in [0.25, 0.3) is 0 Å². The highest BCUT2D eigenvalue weighted by Gasteiger charge is 2.10. The first kappa shape index (κ1) is 17.1. The number of amides is 1. The largest absolute Gasteiger partial charge is 0.324 e. The smallest absolute Gasteiger partial charge is 0.258 e. The van der Waals surface area contributed by atoms with Gasteiger partial charge >= 0.3 is 0 Å². The molecule has 5 nitrogen and oxygen atoms in total. The molecule has 0 unspecified atom stereocenters. The average Bonchev–Trinajstić information content (AvgIpc) is 2.60. The Morgan fingerprint density at radius 3 is 2.32 bits per heavy atom. The van der Waals surface area contributed by atoms with Crippen LogP contribution in [0.3, 0.4) is 0 Å². The number of rotatable bonds is 4. The molecule has 1 heterocycles. The van der Waals surface area contributed by atoms with Crippen LogP contribution in [0.2, 0.25) is 10.0 Å². The Morgan fingerprint density at radius 1 is 1.00 bits per heavy atom. The van der Waals surface area contributed by atoms with Crippen molar-refractivity contribution >= 4 is 46.4 Å². The number of hydrogen-bond donors (Lipinski definition) is 2. The van der Waals surface area contributed by atoms with Crippen molar-refractivity contribution in [1.29, 1.82) is 0 Å². The zero-order valence-electron chi connectivity index (χ0n) is 12.6. The third-order valence-corrected chi connectivity index (χ3v) is 3.74. The average molecular weight is 377 g/mol. The maximum absolute atomic E-state index is 12.9. The lowest BCUT2D eigenvalue weighted by Crippen LogP contribution is -2.13. The summed E-state index contributed by atoms with van der Waals surface area (Å²) in [7, 11) is 0. The first-order valence-corrected chi connectivity index (χ1v) is 7.88. The number of hydrogen-bond acceptors (Lipinski definition) is 4. The molecule has 1 aromatic heterocycles. The van der Waals surface area contributed by atoms with E-state index in [9.17, 15) is 9.18 Å². The van der Waals surface area contributed by atoms with Crippen molar-refractivity contribution in [3.8, 4) is 0 Å². The van der Waals surface area contributed by atoms with Crippen molar-refractivity contribution in [2.24, 2.45) is 0 Å². The van der Waals surface area contributed by atoms with Crippen LogP contribution in [0.1, 0.15) is 10.4 Å². The van der Waals surface area contributed by atoms with Gasteiger partial charge in [-0.05, 0) is 42.5 Å². The first-order chi connectivity index (χ1) is 12.0. The molecule has 25 heavy (non-hydrogen) atoms. The molecule has 0 aliphatic rings. The molecule has 0 saturated carbocycles. The van der Waals surface area contributed by atoms with E-state index in [0.717, 1.165) is 0 Å². The van der Waals surface area contributed by atoms with E-state index in [2.05, 4.69) is 20.6 Å². The van der Waals surface area contributed by atoms with Crippen molar-refractivity contribution in [3.05, 3.63) is 76.3 Å². The summed E-state index contributed by atoms with van der Waals surface area (Å²) in [6, 6.07) is 10.5. The molecular weight excluding hydrogens is 366 g/mol. The van der Waals surface area contributed by atoms with Crippen LogP contribution in [0.15, 0.2) is 54.9 Å². The Balaban J connectivity index is 1.68. The second-order valence-corrected chi connectivity index (χ2v) is 5.85. The number of halogens is 3. The molecule has 0 atom stereocenters. The van der Waals surface area contributed by atoms with Gasteiger partial charge in [0.1, 0.15) is 5.82 Å². The van der Waals surface area contributed by atoms with Crippen LogP contribution in [-0.2, 0) is 0 Å². The summed E-state index contributed by atoms with van der Waals surface area (Å²) in [5, 5.41) is 6.37. The van der Waals surface area contributed by atoms with Gasteiger partial charge in [0.15, 0.2) is 0 Å². The van der Waals surface area contributed by atoms with Crippen LogP contribution in [0, 0.1) is 5.82 Å². The molecular formula is C17H11Cl2FN4O. The molecule has 0 fully saturated rings. The fourth-order valence-electron chi connectivity index (χ4n) is 1.96. The number of nitrogens with one attached hydrogen (secondary N) is 2. The highest BCUT2D eigenvalue weighted by molar-refractivity contribution is 6.36. The highest BCUT2D eigenvalue weighted by Crippen LogP contribution is 2.25. The molecule has 2 aromatic carbocycles. The zero-order valence-corrected chi connectivity index (χ0v) is 14.1. The summed E-state index contributed by atoms with van der Waals surface area (Å²) in [6.07, 6.45) is 2.75. The molecule has 8 heteroatoms. The monoisotopic (exact) mass is 376 g/mol. The summed E-state index contributed by atoms with van der Waals surface area (Å²) in [4.78, 5) is 20.3. The summed E-state index contributed by atoms with van der Waals surface area (Å²) in [6.45, 7) is 0. The first-order valence-electron chi connectivity index (χ1n) is 7.12. The van der Waals surface area contributed by atoms with Crippen LogP contribution < -0.4 is 10.6 Å². The van der Waals surface area contributed by atoms with Gasteiger partial charge in [-0.25, -0.2) is 14.4 Å². The van der Waals surface area contributed by atoms with E-state index in [1.807, 2.05) is 0 Å². The van der Waals surface area contributed by atoms with E-state index < -0.39 is 5.91 Å². The van der Waals surface area contributed by atoms with Gasteiger partial charge in [-0.3, -0.25) is 4.79 Å². The van der Waals surface area contributed by atoms with E-state index in [0.29, 0.717) is 21.4 Å². The van der Waals surface area contributed by atoms with Gasteiger partial charge in [0.2, 0.25) is 5.95 Å². The molecule has 0 spiro atoms. The quantitative estimate of drug-likeness (QED) is 0.678. The number of anilines is 3. The Hall–Kier alpha value is -2.70. The van der Waals surface area contributed by atoms with Gasteiger partial charge in [0, 0.05) is 23.1 Å². The number of nitrogens with zero attached hydrogens (tertiary/aromatic N) is 2. The van der Waals surface area contributed by atoms with Gasteiger partial charge in [0.25, 0.3) is 5.91 Å². The molecule has 0 aliphatic carbocycles. The number of aromatic nitrogens is 2. The van der Waals surface area contributed by atoms with E-state index >= 15 is 0 Å². The molecule has 0 bridgehead atoms. The minimum atomic E-state index is -0.405. The van der Waals surface area contributed by atoms with Crippen molar-refractivity contribution in [2.75, 3.05) is 10.6 Å². The highest BCUT2D eigenvalue weighted by atomic mass is 35.5. The second-order valence-electron chi connectivity index (χ2n) is 5.01. The van der Waals surface area contributed by atoms with Crippen molar-refractivity contribution in [3.63, 3.8) is 0 Å². The maximum Gasteiger partial charge on any atom is 0.258 e. The normalized spacial score (nSPS) is 10.4. The minimum absolute atomic E-state index is 0.260. The fourth-order valence-corrected chi connectivity index (χ4v) is 2.41. The topological polar surface area (TPSA) is 66.9 Å². The molecule has 0 saturated heterocycles. The minimum Gasteiger partial charge on any atom is -0.324 e.